The number of halogens is 3. The molecule has 0 saturated carbocycles. The van der Waals surface area contributed by atoms with Crippen LogP contribution < -0.4 is 4.83 Å². The molecule has 6 nitrogen and oxygen atoms in total. The first-order valence-electron chi connectivity index (χ1n) is 12.0. The molecular weight excluding hydrogens is 593 g/mol. The highest BCUT2D eigenvalue weighted by Crippen LogP contribution is 2.43. The number of aromatic nitrogens is 1. The van der Waals surface area contributed by atoms with Crippen molar-refractivity contribution in [2.24, 2.45) is 5.10 Å². The number of hydrogen-bond donors (Lipinski definition) is 1. The van der Waals surface area contributed by atoms with Crippen LogP contribution in [0, 0.1) is 12.7 Å². The van der Waals surface area contributed by atoms with Crippen molar-refractivity contribution in [1.82, 2.24) is 9.82 Å². The monoisotopic (exact) mass is 615 g/mol. The zero-order valence-electron chi connectivity index (χ0n) is 20.4. The van der Waals surface area contributed by atoms with Gasteiger partial charge in [0.05, 0.1) is 16.6 Å². The summed E-state index contributed by atoms with van der Waals surface area (Å²) >= 11 is 10.3. The van der Waals surface area contributed by atoms with Crippen molar-refractivity contribution in [2.75, 3.05) is 13.2 Å². The van der Waals surface area contributed by atoms with Gasteiger partial charge in [-0.15, -0.1) is 0 Å². The van der Waals surface area contributed by atoms with Crippen LogP contribution in [0.4, 0.5) is 4.39 Å². The largest absolute Gasteiger partial charge is 0.381 e. The summed E-state index contributed by atoms with van der Waals surface area (Å²) in [4.78, 5) is 7.08. The Labute approximate surface area is 234 Å². The Kier molecular flexibility index (Phi) is 7.81. The number of fused-ring (bicyclic) bond motifs is 1. The molecule has 38 heavy (non-hydrogen) atoms. The fourth-order valence-electron chi connectivity index (χ4n) is 4.61. The van der Waals surface area contributed by atoms with Gasteiger partial charge in [-0.05, 0) is 73.2 Å². The number of hydrogen-bond acceptors (Lipinski definition) is 5. The van der Waals surface area contributed by atoms with E-state index in [2.05, 4.69) is 30.8 Å². The molecule has 0 radical (unpaired) electrons. The minimum Gasteiger partial charge on any atom is -0.381 e. The van der Waals surface area contributed by atoms with Crippen LogP contribution >= 0.6 is 27.5 Å². The minimum absolute atomic E-state index is 0.122. The van der Waals surface area contributed by atoms with Crippen LogP contribution in [-0.4, -0.2) is 32.8 Å². The molecule has 1 aromatic heterocycles. The summed E-state index contributed by atoms with van der Waals surface area (Å²) < 4.78 is 45.3. The smallest absolute Gasteiger partial charge is 0.276 e. The van der Waals surface area contributed by atoms with Crippen molar-refractivity contribution in [3.05, 3.63) is 92.8 Å². The molecule has 196 valence electrons. The maximum atomic E-state index is 13.8. The van der Waals surface area contributed by atoms with Crippen molar-refractivity contribution < 1.29 is 17.5 Å². The van der Waals surface area contributed by atoms with Gasteiger partial charge in [0.15, 0.2) is 0 Å². The Morgan fingerprint density at radius 3 is 2.47 bits per heavy atom. The first-order chi connectivity index (χ1) is 18.2. The second-order valence-electron chi connectivity index (χ2n) is 9.14. The zero-order valence-corrected chi connectivity index (χ0v) is 23.6. The fraction of sp³-hybridized carbons (Fsp3) is 0.214. The lowest BCUT2D eigenvalue weighted by molar-refractivity contribution is 0.0854. The van der Waals surface area contributed by atoms with E-state index in [1.54, 1.807) is 24.3 Å². The normalized spacial score (nSPS) is 14.8. The maximum Gasteiger partial charge on any atom is 0.276 e. The molecule has 5 rings (SSSR count). The van der Waals surface area contributed by atoms with E-state index in [1.165, 1.54) is 30.5 Å². The molecule has 0 aliphatic carbocycles. The SMILES string of the molecule is Cc1ccc(S(=O)(=O)N/N=C/c2cc3c(-c4ccc(F)cc4)c(C4CCOCC4)c(Cl)nc3cc2Br)cc1. The van der Waals surface area contributed by atoms with Crippen molar-refractivity contribution >= 4 is 54.7 Å². The average molecular weight is 617 g/mol. The van der Waals surface area contributed by atoms with E-state index in [9.17, 15) is 12.8 Å². The van der Waals surface area contributed by atoms with Gasteiger partial charge in [0.25, 0.3) is 10.0 Å². The number of sulfonamides is 1. The number of pyridine rings is 1. The van der Waals surface area contributed by atoms with Crippen LogP contribution in [0.15, 0.2) is 75.1 Å². The minimum atomic E-state index is -3.82. The van der Waals surface area contributed by atoms with Gasteiger partial charge in [0, 0.05) is 34.2 Å². The predicted octanol–water partition coefficient (Wildman–Crippen LogP) is 6.97. The highest BCUT2D eigenvalue weighted by molar-refractivity contribution is 9.10. The van der Waals surface area contributed by atoms with Gasteiger partial charge < -0.3 is 4.74 Å². The Morgan fingerprint density at radius 2 is 1.79 bits per heavy atom. The zero-order chi connectivity index (χ0) is 26.9. The van der Waals surface area contributed by atoms with Crippen LogP contribution in [0.5, 0.6) is 0 Å². The molecule has 0 bridgehead atoms. The topological polar surface area (TPSA) is 80.7 Å². The lowest BCUT2D eigenvalue weighted by atomic mass is 9.85. The molecule has 1 aliphatic rings. The summed E-state index contributed by atoms with van der Waals surface area (Å²) in [6.07, 6.45) is 3.03. The predicted molar refractivity (Wildman–Crippen MR) is 152 cm³/mol. The van der Waals surface area contributed by atoms with Crippen LogP contribution in [0.3, 0.4) is 0 Å². The Hall–Kier alpha value is -2.85. The second-order valence-corrected chi connectivity index (χ2v) is 12.0. The van der Waals surface area contributed by atoms with E-state index >= 15 is 0 Å². The summed E-state index contributed by atoms with van der Waals surface area (Å²) in [6, 6.07) is 16.5. The Balaban J connectivity index is 1.60. The van der Waals surface area contributed by atoms with Gasteiger partial charge in [-0.3, -0.25) is 0 Å². The van der Waals surface area contributed by atoms with Crippen molar-refractivity contribution in [3.63, 3.8) is 0 Å². The number of ether oxygens (including phenoxy) is 1. The number of nitrogens with one attached hydrogen (secondary N) is 1. The molecule has 2 heterocycles. The highest BCUT2D eigenvalue weighted by Gasteiger charge is 2.26. The molecule has 0 spiro atoms. The van der Waals surface area contributed by atoms with Crippen molar-refractivity contribution in [1.29, 1.82) is 0 Å². The van der Waals surface area contributed by atoms with Gasteiger partial charge >= 0.3 is 0 Å². The van der Waals surface area contributed by atoms with Gasteiger partial charge in [-0.2, -0.15) is 13.5 Å². The quantitative estimate of drug-likeness (QED) is 0.144. The third kappa shape index (κ3) is 5.61. The number of hydrazone groups is 1. The van der Waals surface area contributed by atoms with Crippen LogP contribution in [-0.2, 0) is 14.8 Å². The summed E-state index contributed by atoms with van der Waals surface area (Å²) in [6.45, 7) is 3.14. The molecule has 3 aromatic carbocycles. The molecule has 0 atom stereocenters. The van der Waals surface area contributed by atoms with Crippen molar-refractivity contribution in [2.45, 2.75) is 30.6 Å². The molecule has 1 N–H and O–H groups in total. The molecular formula is C28H24BrClFN3O3S. The number of benzene rings is 3. The van der Waals surface area contributed by atoms with Crippen LogP contribution in [0.25, 0.3) is 22.0 Å². The van der Waals surface area contributed by atoms with E-state index in [0.717, 1.165) is 40.5 Å². The fourth-order valence-corrected chi connectivity index (χ4v) is 6.17. The molecule has 4 aromatic rings. The van der Waals surface area contributed by atoms with Gasteiger partial charge in [-0.25, -0.2) is 14.2 Å². The van der Waals surface area contributed by atoms with Gasteiger partial charge in [0.2, 0.25) is 0 Å². The first-order valence-corrected chi connectivity index (χ1v) is 14.7. The lowest BCUT2D eigenvalue weighted by Gasteiger charge is -2.26. The lowest BCUT2D eigenvalue weighted by Crippen LogP contribution is -2.18. The van der Waals surface area contributed by atoms with E-state index in [0.29, 0.717) is 33.9 Å². The Morgan fingerprint density at radius 1 is 1.11 bits per heavy atom. The molecule has 1 saturated heterocycles. The van der Waals surface area contributed by atoms with Crippen LogP contribution in [0.2, 0.25) is 5.15 Å². The van der Waals surface area contributed by atoms with E-state index < -0.39 is 10.0 Å². The molecule has 10 heteroatoms. The van der Waals surface area contributed by atoms with Crippen LogP contribution in [0.1, 0.15) is 35.4 Å². The third-order valence-electron chi connectivity index (χ3n) is 6.56. The summed E-state index contributed by atoms with van der Waals surface area (Å²) in [5.74, 6) is -0.197. The molecule has 0 amide bonds. The van der Waals surface area contributed by atoms with Gasteiger partial charge in [0.1, 0.15) is 11.0 Å². The third-order valence-corrected chi connectivity index (χ3v) is 8.78. The first kappa shape index (κ1) is 26.7. The standard InChI is InChI=1S/C28H24BrClFN3O3S/c1-17-2-8-22(9-3-17)38(35,36)34-32-16-20-14-23-25(15-24(20)29)33-28(30)27(19-10-12-37-13-11-19)26(23)18-4-6-21(31)7-5-18/h2-9,14-16,19,34H,10-13H2,1H3/b32-16+. The van der Waals surface area contributed by atoms with E-state index in [1.807, 2.05) is 19.1 Å². The Bertz CT molecular complexity index is 1620. The maximum absolute atomic E-state index is 13.8. The van der Waals surface area contributed by atoms with Gasteiger partial charge in [-0.1, -0.05) is 57.4 Å². The summed E-state index contributed by atoms with van der Waals surface area (Å²) in [5, 5.41) is 5.22. The number of rotatable bonds is 6. The molecule has 0 unspecified atom stereocenters. The second kappa shape index (κ2) is 11.1. The summed E-state index contributed by atoms with van der Waals surface area (Å²) in [7, 11) is -3.82. The highest BCUT2D eigenvalue weighted by atomic mass is 79.9. The summed E-state index contributed by atoms with van der Waals surface area (Å²) in [5.41, 5.74) is 4.82. The van der Waals surface area contributed by atoms with E-state index in [-0.39, 0.29) is 16.6 Å². The van der Waals surface area contributed by atoms with E-state index in [4.69, 9.17) is 16.3 Å². The average Bonchev–Trinajstić information content (AvgIpc) is 2.90. The molecule has 1 aliphatic heterocycles. The molecule has 1 fully saturated rings. The number of aryl methyl sites for hydroxylation is 1. The van der Waals surface area contributed by atoms with Crippen molar-refractivity contribution in [3.8, 4) is 11.1 Å². The number of nitrogens with zero attached hydrogens (tertiary/aromatic N) is 2.